The van der Waals surface area contributed by atoms with E-state index in [2.05, 4.69) is 0 Å². The van der Waals surface area contributed by atoms with Crippen molar-refractivity contribution in [1.29, 1.82) is 0 Å². The molecule has 58 valence electrons. The van der Waals surface area contributed by atoms with Crippen LogP contribution < -0.4 is 5.73 Å². The lowest BCUT2D eigenvalue weighted by Gasteiger charge is -2.32. The zero-order chi connectivity index (χ0) is 7.99. The van der Waals surface area contributed by atoms with Gasteiger partial charge in [0, 0.05) is 0 Å². The SMILES string of the molecule is NC1(C(=O)O)CS(=O)(=O)C1. The Morgan fingerprint density at radius 2 is 1.90 bits per heavy atom. The molecule has 0 aliphatic carbocycles. The molecule has 0 aromatic rings. The number of carboxylic acids is 1. The average Bonchev–Trinajstić information content (AvgIpc) is 1.59. The van der Waals surface area contributed by atoms with Crippen molar-refractivity contribution in [3.05, 3.63) is 0 Å². The van der Waals surface area contributed by atoms with Crippen molar-refractivity contribution in [2.75, 3.05) is 11.5 Å². The van der Waals surface area contributed by atoms with E-state index in [0.717, 1.165) is 0 Å². The number of carboxylic acid groups (broad SMARTS) is 1. The van der Waals surface area contributed by atoms with Crippen LogP contribution >= 0.6 is 0 Å². The number of hydrogen-bond donors (Lipinski definition) is 2. The summed E-state index contributed by atoms with van der Waals surface area (Å²) in [6.45, 7) is 0. The van der Waals surface area contributed by atoms with Crippen LogP contribution in [0.1, 0.15) is 0 Å². The molecule has 1 aliphatic rings. The summed E-state index contributed by atoms with van der Waals surface area (Å²) in [5.74, 6) is -2.12. The third kappa shape index (κ3) is 0.994. The number of aliphatic carboxylic acids is 1. The second-order valence-corrected chi connectivity index (χ2v) is 4.56. The molecule has 0 spiro atoms. The second-order valence-electron chi connectivity index (χ2n) is 2.49. The number of carbonyl (C=O) groups is 1. The smallest absolute Gasteiger partial charge is 0.325 e. The first kappa shape index (κ1) is 7.49. The van der Waals surface area contributed by atoms with Gasteiger partial charge in [-0.25, -0.2) is 8.42 Å². The molecule has 1 saturated heterocycles. The van der Waals surface area contributed by atoms with Gasteiger partial charge in [0.25, 0.3) is 0 Å². The topological polar surface area (TPSA) is 97.5 Å². The Morgan fingerprint density at radius 3 is 2.00 bits per heavy atom. The largest absolute Gasteiger partial charge is 0.480 e. The second kappa shape index (κ2) is 1.70. The minimum absolute atomic E-state index is 0.435. The molecule has 6 heteroatoms. The summed E-state index contributed by atoms with van der Waals surface area (Å²) in [5.41, 5.74) is 3.63. The van der Waals surface area contributed by atoms with Crippen LogP contribution in [0.5, 0.6) is 0 Å². The van der Waals surface area contributed by atoms with Crippen LogP contribution in [0.4, 0.5) is 0 Å². The van der Waals surface area contributed by atoms with Gasteiger partial charge < -0.3 is 10.8 Å². The van der Waals surface area contributed by atoms with Crippen LogP contribution in [0.15, 0.2) is 0 Å². The van der Waals surface area contributed by atoms with Gasteiger partial charge >= 0.3 is 5.97 Å². The van der Waals surface area contributed by atoms with E-state index < -0.39 is 32.9 Å². The van der Waals surface area contributed by atoms with Crippen LogP contribution in [-0.2, 0) is 14.6 Å². The molecular formula is C4H7NO4S. The van der Waals surface area contributed by atoms with Gasteiger partial charge in [0.1, 0.15) is 5.54 Å². The summed E-state index contributed by atoms with van der Waals surface area (Å²) in [4.78, 5) is 10.2. The standard InChI is InChI=1S/C4H7NO4S/c5-4(3(6)7)1-10(8,9)2-4/h1-2,5H2,(H,6,7). The van der Waals surface area contributed by atoms with E-state index in [1.54, 1.807) is 0 Å². The Kier molecular flexibility index (Phi) is 1.27. The van der Waals surface area contributed by atoms with E-state index in [0.29, 0.717) is 0 Å². The monoisotopic (exact) mass is 165 g/mol. The van der Waals surface area contributed by atoms with Gasteiger partial charge in [0.15, 0.2) is 9.84 Å². The molecule has 10 heavy (non-hydrogen) atoms. The van der Waals surface area contributed by atoms with E-state index in [1.165, 1.54) is 0 Å². The first-order valence-corrected chi connectivity index (χ1v) is 4.41. The highest BCUT2D eigenvalue weighted by Gasteiger charge is 2.51. The molecular weight excluding hydrogens is 158 g/mol. The predicted molar refractivity (Wildman–Crippen MR) is 33.2 cm³/mol. The molecule has 0 amide bonds. The molecule has 0 aromatic carbocycles. The Labute approximate surface area is 57.7 Å². The Morgan fingerprint density at radius 1 is 1.50 bits per heavy atom. The fraction of sp³-hybridized carbons (Fsp3) is 0.750. The summed E-state index contributed by atoms with van der Waals surface area (Å²) >= 11 is 0. The normalized spacial score (nSPS) is 26.9. The van der Waals surface area contributed by atoms with Crippen molar-refractivity contribution >= 4 is 15.8 Å². The van der Waals surface area contributed by atoms with Crippen LogP contribution in [-0.4, -0.2) is 36.5 Å². The van der Waals surface area contributed by atoms with Crippen molar-refractivity contribution in [3.63, 3.8) is 0 Å². The summed E-state index contributed by atoms with van der Waals surface area (Å²) in [5, 5.41) is 8.34. The zero-order valence-corrected chi connectivity index (χ0v) is 5.89. The lowest BCUT2D eigenvalue weighted by atomic mass is 10.1. The third-order valence-electron chi connectivity index (χ3n) is 1.38. The number of sulfone groups is 1. The van der Waals surface area contributed by atoms with Gasteiger partial charge in [-0.3, -0.25) is 4.79 Å². The maximum atomic E-state index is 10.5. The summed E-state index contributed by atoms with van der Waals surface area (Å²) in [6.07, 6.45) is 0. The summed E-state index contributed by atoms with van der Waals surface area (Å²) in [7, 11) is -3.14. The molecule has 5 nitrogen and oxygen atoms in total. The fourth-order valence-electron chi connectivity index (χ4n) is 0.866. The van der Waals surface area contributed by atoms with Gasteiger partial charge in [0.2, 0.25) is 0 Å². The van der Waals surface area contributed by atoms with Crippen molar-refractivity contribution in [1.82, 2.24) is 0 Å². The quantitative estimate of drug-likeness (QED) is 0.477. The van der Waals surface area contributed by atoms with Crippen molar-refractivity contribution in [3.8, 4) is 0 Å². The highest BCUT2D eigenvalue weighted by molar-refractivity contribution is 7.93. The van der Waals surface area contributed by atoms with Gasteiger partial charge in [-0.05, 0) is 0 Å². The van der Waals surface area contributed by atoms with Gasteiger partial charge in [-0.15, -0.1) is 0 Å². The lowest BCUT2D eigenvalue weighted by Crippen LogP contribution is -2.66. The van der Waals surface area contributed by atoms with Gasteiger partial charge in [-0.1, -0.05) is 0 Å². The van der Waals surface area contributed by atoms with E-state index in [-0.39, 0.29) is 0 Å². The Balaban J connectivity index is 2.76. The average molecular weight is 165 g/mol. The van der Waals surface area contributed by atoms with Gasteiger partial charge in [-0.2, -0.15) is 0 Å². The molecule has 3 N–H and O–H groups in total. The third-order valence-corrected chi connectivity index (χ3v) is 3.29. The van der Waals surface area contributed by atoms with Crippen LogP contribution in [0.25, 0.3) is 0 Å². The highest BCUT2D eigenvalue weighted by atomic mass is 32.2. The maximum absolute atomic E-state index is 10.5. The molecule has 0 saturated carbocycles. The molecule has 0 bridgehead atoms. The first-order valence-electron chi connectivity index (χ1n) is 2.58. The fourth-order valence-corrected chi connectivity index (χ4v) is 2.60. The summed E-state index contributed by atoms with van der Waals surface area (Å²) < 4.78 is 20.9. The maximum Gasteiger partial charge on any atom is 0.325 e. The minimum atomic E-state index is -3.14. The van der Waals surface area contributed by atoms with E-state index in [1.807, 2.05) is 0 Å². The Hall–Kier alpha value is -0.620. The number of hydrogen-bond acceptors (Lipinski definition) is 4. The van der Waals surface area contributed by atoms with Crippen molar-refractivity contribution in [2.45, 2.75) is 5.54 Å². The molecule has 1 rings (SSSR count). The van der Waals surface area contributed by atoms with Crippen molar-refractivity contribution in [2.24, 2.45) is 5.73 Å². The zero-order valence-electron chi connectivity index (χ0n) is 5.07. The van der Waals surface area contributed by atoms with E-state index >= 15 is 0 Å². The molecule has 1 fully saturated rings. The number of rotatable bonds is 1. The van der Waals surface area contributed by atoms with Crippen LogP contribution in [0.3, 0.4) is 0 Å². The van der Waals surface area contributed by atoms with E-state index in [4.69, 9.17) is 10.8 Å². The van der Waals surface area contributed by atoms with Crippen LogP contribution in [0, 0.1) is 0 Å². The summed E-state index contributed by atoms with van der Waals surface area (Å²) in [6, 6.07) is 0. The lowest BCUT2D eigenvalue weighted by molar-refractivity contribution is -0.142. The highest BCUT2D eigenvalue weighted by Crippen LogP contribution is 2.20. The Bertz CT molecular complexity index is 255. The van der Waals surface area contributed by atoms with Gasteiger partial charge in [0.05, 0.1) is 11.5 Å². The predicted octanol–water partition coefficient (Wildman–Crippen LogP) is -1.80. The molecule has 0 unspecified atom stereocenters. The number of nitrogens with two attached hydrogens (primary N) is 1. The molecule has 1 heterocycles. The first-order chi connectivity index (χ1) is 4.36. The molecule has 0 radical (unpaired) electrons. The molecule has 0 aromatic heterocycles. The van der Waals surface area contributed by atoms with Crippen molar-refractivity contribution < 1.29 is 18.3 Å². The molecule has 1 aliphatic heterocycles. The minimum Gasteiger partial charge on any atom is -0.480 e. The van der Waals surface area contributed by atoms with E-state index in [9.17, 15) is 13.2 Å². The molecule has 0 atom stereocenters. The van der Waals surface area contributed by atoms with Crippen LogP contribution in [0.2, 0.25) is 0 Å².